The fourth-order valence-corrected chi connectivity index (χ4v) is 3.17. The topological polar surface area (TPSA) is 18.5 Å². The summed E-state index contributed by atoms with van der Waals surface area (Å²) in [7, 11) is -1.82. The van der Waals surface area contributed by atoms with Crippen LogP contribution in [0.5, 0.6) is 0 Å². The van der Waals surface area contributed by atoms with Crippen LogP contribution >= 0.6 is 0 Å². The molecule has 0 unspecified atom stereocenters. The van der Waals surface area contributed by atoms with Crippen molar-refractivity contribution in [2.24, 2.45) is 0 Å². The Labute approximate surface area is 103 Å². The summed E-state index contributed by atoms with van der Waals surface area (Å²) in [5.41, 5.74) is 0. The molecule has 0 aliphatic rings. The van der Waals surface area contributed by atoms with E-state index in [1.165, 1.54) is 38.5 Å². The highest BCUT2D eigenvalue weighted by Gasteiger charge is 2.28. The number of unbranched alkanes of at least 4 members (excludes halogenated alkanes) is 4. The lowest BCUT2D eigenvalue weighted by Crippen LogP contribution is -2.38. The molecule has 0 saturated heterocycles. The van der Waals surface area contributed by atoms with Crippen LogP contribution in [-0.2, 0) is 8.85 Å². The molecule has 0 N–H and O–H groups in total. The van der Waals surface area contributed by atoms with E-state index in [4.69, 9.17) is 8.85 Å². The summed E-state index contributed by atoms with van der Waals surface area (Å²) in [5, 5.41) is 0. The molecule has 0 bridgehead atoms. The van der Waals surface area contributed by atoms with Crippen LogP contribution in [-0.4, -0.2) is 21.8 Å². The molecule has 0 saturated carbocycles. The fourth-order valence-electron chi connectivity index (χ4n) is 1.53. The summed E-state index contributed by atoms with van der Waals surface area (Å²) in [6, 6.07) is 1.06. The van der Waals surface area contributed by atoms with Crippen LogP contribution in [0.4, 0.5) is 0 Å². The molecule has 0 heterocycles. The minimum Gasteiger partial charge on any atom is -0.394 e. The van der Waals surface area contributed by atoms with Crippen molar-refractivity contribution >= 4 is 8.56 Å². The molecule has 2 nitrogen and oxygen atoms in total. The summed E-state index contributed by atoms with van der Waals surface area (Å²) in [4.78, 5) is 0. The first-order chi connectivity index (χ1) is 7.68. The summed E-state index contributed by atoms with van der Waals surface area (Å²) in [6.07, 6.45) is 7.40. The van der Waals surface area contributed by atoms with Gasteiger partial charge in [-0.15, -0.1) is 0 Å². The third kappa shape index (κ3) is 8.31. The third-order valence-electron chi connectivity index (χ3n) is 2.95. The summed E-state index contributed by atoms with van der Waals surface area (Å²) in [6.45, 7) is 10.6. The molecular formula is C13H30O2Si. The molecule has 0 radical (unpaired) electrons. The lowest BCUT2D eigenvalue weighted by Gasteiger charge is -2.25. The maximum absolute atomic E-state index is 5.98. The predicted octanol–water partition coefficient (Wildman–Crippen LogP) is 4.49. The van der Waals surface area contributed by atoms with Gasteiger partial charge < -0.3 is 8.85 Å². The smallest absolute Gasteiger partial charge is 0.334 e. The summed E-state index contributed by atoms with van der Waals surface area (Å²) in [5.74, 6) is 0. The van der Waals surface area contributed by atoms with Gasteiger partial charge >= 0.3 is 8.56 Å². The molecule has 0 fully saturated rings. The van der Waals surface area contributed by atoms with E-state index >= 15 is 0 Å². The van der Waals surface area contributed by atoms with Crippen molar-refractivity contribution in [2.75, 3.05) is 13.2 Å². The van der Waals surface area contributed by atoms with E-state index < -0.39 is 8.56 Å². The van der Waals surface area contributed by atoms with Gasteiger partial charge in [0.15, 0.2) is 0 Å². The monoisotopic (exact) mass is 246 g/mol. The molecule has 0 amide bonds. The molecule has 0 aromatic heterocycles. The van der Waals surface area contributed by atoms with Crippen LogP contribution in [0.25, 0.3) is 0 Å². The van der Waals surface area contributed by atoms with Crippen molar-refractivity contribution in [3.05, 3.63) is 0 Å². The van der Waals surface area contributed by atoms with Crippen molar-refractivity contribution in [3.63, 3.8) is 0 Å². The van der Waals surface area contributed by atoms with Gasteiger partial charge in [0.1, 0.15) is 0 Å². The Bertz CT molecular complexity index is 139. The minimum absolute atomic E-state index is 0.887. The average molecular weight is 246 g/mol. The molecule has 0 atom stereocenters. The minimum atomic E-state index is -1.82. The van der Waals surface area contributed by atoms with Crippen LogP contribution in [0.1, 0.15) is 59.3 Å². The van der Waals surface area contributed by atoms with Gasteiger partial charge in [-0.25, -0.2) is 0 Å². The van der Waals surface area contributed by atoms with Gasteiger partial charge in [0.25, 0.3) is 0 Å². The van der Waals surface area contributed by atoms with Crippen molar-refractivity contribution < 1.29 is 8.85 Å². The van der Waals surface area contributed by atoms with Crippen LogP contribution in [0, 0.1) is 0 Å². The largest absolute Gasteiger partial charge is 0.394 e. The van der Waals surface area contributed by atoms with Gasteiger partial charge in [-0.05, 0) is 25.4 Å². The first-order valence-electron chi connectivity index (χ1n) is 6.96. The van der Waals surface area contributed by atoms with Gasteiger partial charge in [-0.2, -0.15) is 0 Å². The predicted molar refractivity (Wildman–Crippen MR) is 73.1 cm³/mol. The molecule has 98 valence electrons. The van der Waals surface area contributed by atoms with Gasteiger partial charge in [0.2, 0.25) is 0 Å². The highest BCUT2D eigenvalue weighted by Crippen LogP contribution is 2.14. The lowest BCUT2D eigenvalue weighted by atomic mass is 10.3. The van der Waals surface area contributed by atoms with Crippen molar-refractivity contribution in [3.8, 4) is 0 Å². The van der Waals surface area contributed by atoms with Crippen LogP contribution < -0.4 is 0 Å². The van der Waals surface area contributed by atoms with Gasteiger partial charge in [0.05, 0.1) is 0 Å². The third-order valence-corrected chi connectivity index (χ3v) is 5.87. The molecule has 0 aliphatic heterocycles. The molecule has 0 spiro atoms. The quantitative estimate of drug-likeness (QED) is 0.395. The normalized spacial score (nSPS) is 12.0. The maximum atomic E-state index is 5.98. The molecule has 0 aromatic carbocycles. The van der Waals surface area contributed by atoms with E-state index in [-0.39, 0.29) is 0 Å². The SMILES string of the molecule is CCCCCO[Si](C)(CC)OCCCCC. The highest BCUT2D eigenvalue weighted by molar-refractivity contribution is 6.65. The fraction of sp³-hybridized carbons (Fsp3) is 1.00. The molecule has 0 aliphatic carbocycles. The first kappa shape index (κ1) is 16.1. The molecule has 0 aromatic rings. The Morgan fingerprint density at radius 1 is 0.750 bits per heavy atom. The Hall–Kier alpha value is 0.137. The van der Waals surface area contributed by atoms with E-state index in [9.17, 15) is 0 Å². The maximum Gasteiger partial charge on any atom is 0.334 e. The lowest BCUT2D eigenvalue weighted by molar-refractivity contribution is 0.168. The number of rotatable bonds is 11. The molecule has 16 heavy (non-hydrogen) atoms. The Morgan fingerprint density at radius 3 is 1.50 bits per heavy atom. The van der Waals surface area contributed by atoms with Crippen LogP contribution in [0.3, 0.4) is 0 Å². The average Bonchev–Trinajstić information content (AvgIpc) is 2.31. The summed E-state index contributed by atoms with van der Waals surface area (Å²) >= 11 is 0. The zero-order valence-electron chi connectivity index (χ0n) is 11.7. The Balaban J connectivity index is 3.64. The Kier molecular flexibility index (Phi) is 10.4. The highest BCUT2D eigenvalue weighted by atomic mass is 28.4. The van der Waals surface area contributed by atoms with Gasteiger partial charge in [-0.1, -0.05) is 46.5 Å². The van der Waals surface area contributed by atoms with Crippen LogP contribution in [0.15, 0.2) is 0 Å². The molecule has 3 heteroatoms. The van der Waals surface area contributed by atoms with Crippen molar-refractivity contribution in [2.45, 2.75) is 71.9 Å². The van der Waals surface area contributed by atoms with E-state index in [0.717, 1.165) is 19.3 Å². The van der Waals surface area contributed by atoms with E-state index in [2.05, 4.69) is 27.3 Å². The summed E-state index contributed by atoms with van der Waals surface area (Å²) < 4.78 is 12.0. The van der Waals surface area contributed by atoms with Gasteiger partial charge in [-0.3, -0.25) is 0 Å². The zero-order chi connectivity index (χ0) is 12.3. The second-order valence-corrected chi connectivity index (χ2v) is 8.15. The van der Waals surface area contributed by atoms with Crippen molar-refractivity contribution in [1.29, 1.82) is 0 Å². The van der Waals surface area contributed by atoms with E-state index in [1.807, 2.05) is 0 Å². The standard InChI is InChI=1S/C13H30O2Si/c1-5-8-10-12-14-16(4,7-3)15-13-11-9-6-2/h5-13H2,1-4H3. The van der Waals surface area contributed by atoms with Gasteiger partial charge in [0, 0.05) is 13.2 Å². The second kappa shape index (κ2) is 10.3. The van der Waals surface area contributed by atoms with E-state index in [1.54, 1.807) is 0 Å². The number of hydrogen-bond donors (Lipinski definition) is 0. The second-order valence-electron chi connectivity index (χ2n) is 4.60. The zero-order valence-corrected chi connectivity index (χ0v) is 12.7. The molecule has 0 rings (SSSR count). The first-order valence-corrected chi connectivity index (χ1v) is 9.48. The number of hydrogen-bond acceptors (Lipinski definition) is 2. The van der Waals surface area contributed by atoms with Crippen molar-refractivity contribution in [1.82, 2.24) is 0 Å². The van der Waals surface area contributed by atoms with Crippen LogP contribution in [0.2, 0.25) is 12.6 Å². The van der Waals surface area contributed by atoms with E-state index in [0.29, 0.717) is 0 Å². The molecular weight excluding hydrogens is 216 g/mol. The Morgan fingerprint density at radius 2 is 1.19 bits per heavy atom.